The van der Waals surface area contributed by atoms with E-state index in [0.29, 0.717) is 22.9 Å². The van der Waals surface area contributed by atoms with Crippen molar-refractivity contribution in [2.24, 2.45) is 5.92 Å². The molecule has 3 N–H and O–H groups in total. The molecule has 0 bridgehead atoms. The van der Waals surface area contributed by atoms with Crippen LogP contribution in [0.3, 0.4) is 0 Å². The Balaban J connectivity index is 1.29. The quantitative estimate of drug-likeness (QED) is 0.237. The molecule has 0 radical (unpaired) electrons. The Morgan fingerprint density at radius 3 is 2.64 bits per heavy atom. The second-order valence-electron chi connectivity index (χ2n) is 9.00. The zero-order valence-corrected chi connectivity index (χ0v) is 21.6. The van der Waals surface area contributed by atoms with Crippen LogP contribution >= 0.6 is 23.1 Å². The normalized spacial score (nSPS) is 13.9. The fourth-order valence-corrected chi connectivity index (χ4v) is 6.18. The molecule has 0 atom stereocenters. The van der Waals surface area contributed by atoms with Gasteiger partial charge in [-0.15, -0.1) is 23.1 Å². The number of anilines is 2. The molecule has 1 aromatic heterocycles. The first kappa shape index (κ1) is 26.2. The van der Waals surface area contributed by atoms with Crippen LogP contribution in [0.25, 0.3) is 0 Å². The molecular weight excluding hydrogens is 497 g/mol. The highest BCUT2D eigenvalue weighted by molar-refractivity contribution is 7.99. The van der Waals surface area contributed by atoms with Gasteiger partial charge in [0.05, 0.1) is 12.1 Å². The second-order valence-corrected chi connectivity index (χ2v) is 11.0. The van der Waals surface area contributed by atoms with Crippen LogP contribution in [0.4, 0.5) is 15.2 Å². The van der Waals surface area contributed by atoms with Gasteiger partial charge in [-0.1, -0.05) is 44.2 Å². The van der Waals surface area contributed by atoms with Crippen LogP contribution in [-0.2, 0) is 17.8 Å². The molecule has 1 saturated carbocycles. The molecule has 36 heavy (non-hydrogen) atoms. The van der Waals surface area contributed by atoms with Gasteiger partial charge in [0.15, 0.2) is 5.13 Å². The van der Waals surface area contributed by atoms with Crippen molar-refractivity contribution in [2.45, 2.75) is 56.4 Å². The third kappa shape index (κ3) is 7.80. The van der Waals surface area contributed by atoms with Gasteiger partial charge >= 0.3 is 5.97 Å². The van der Waals surface area contributed by atoms with Crippen molar-refractivity contribution in [2.75, 3.05) is 16.4 Å². The molecule has 0 unspecified atom stereocenters. The molecular formula is C27H30FN3O3S2. The van der Waals surface area contributed by atoms with Gasteiger partial charge in [0.1, 0.15) is 5.82 Å². The molecule has 4 rings (SSSR count). The number of hydrogen-bond donors (Lipinski definition) is 3. The molecule has 2 aromatic carbocycles. The van der Waals surface area contributed by atoms with Crippen molar-refractivity contribution >= 4 is 45.8 Å². The summed E-state index contributed by atoms with van der Waals surface area (Å²) in [5, 5.41) is 17.0. The molecule has 1 aliphatic carbocycles. The number of hydrogen-bond acceptors (Lipinski definition) is 6. The van der Waals surface area contributed by atoms with Crippen LogP contribution < -0.4 is 10.6 Å². The van der Waals surface area contributed by atoms with Crippen LogP contribution in [0.5, 0.6) is 0 Å². The fourth-order valence-electron chi connectivity index (χ4n) is 4.31. The van der Waals surface area contributed by atoms with Gasteiger partial charge < -0.3 is 10.4 Å². The highest BCUT2D eigenvalue weighted by Crippen LogP contribution is 2.33. The minimum atomic E-state index is -0.965. The SMILES string of the molecule is O=C(O)Cc1csc(NC(=O)c2ccc(CNc3ccc(F)cc3SCCC3CCCCC3)cc2)n1. The van der Waals surface area contributed by atoms with E-state index in [1.54, 1.807) is 41.4 Å². The highest BCUT2D eigenvalue weighted by Gasteiger charge is 2.14. The van der Waals surface area contributed by atoms with Crippen molar-refractivity contribution in [3.05, 3.63) is 70.5 Å². The Bertz CT molecular complexity index is 1180. The molecule has 1 heterocycles. The van der Waals surface area contributed by atoms with E-state index in [9.17, 15) is 14.0 Å². The summed E-state index contributed by atoms with van der Waals surface area (Å²) in [7, 11) is 0. The van der Waals surface area contributed by atoms with E-state index in [1.807, 2.05) is 12.1 Å². The molecule has 1 fully saturated rings. The molecule has 1 aliphatic rings. The number of rotatable bonds is 11. The zero-order chi connectivity index (χ0) is 25.3. The van der Waals surface area contributed by atoms with Gasteiger partial charge in [-0.25, -0.2) is 9.37 Å². The van der Waals surface area contributed by atoms with E-state index in [-0.39, 0.29) is 18.1 Å². The van der Waals surface area contributed by atoms with Gasteiger partial charge in [-0.05, 0) is 54.0 Å². The molecule has 3 aromatic rings. The maximum Gasteiger partial charge on any atom is 0.309 e. The monoisotopic (exact) mass is 527 g/mol. The Morgan fingerprint density at radius 1 is 1.11 bits per heavy atom. The van der Waals surface area contributed by atoms with Gasteiger partial charge in [0.2, 0.25) is 0 Å². The van der Waals surface area contributed by atoms with Crippen molar-refractivity contribution in [3.63, 3.8) is 0 Å². The van der Waals surface area contributed by atoms with E-state index < -0.39 is 5.97 Å². The fraction of sp³-hybridized carbons (Fsp3) is 0.370. The van der Waals surface area contributed by atoms with Crippen molar-refractivity contribution < 1.29 is 19.1 Å². The topological polar surface area (TPSA) is 91.3 Å². The standard InChI is InChI=1S/C27H30FN3O3S2/c28-21-10-11-23(24(14-21)35-13-12-18-4-2-1-3-5-18)29-16-19-6-8-20(9-7-19)26(34)31-27-30-22(17-36-27)15-25(32)33/h6-11,14,17-18,29H,1-5,12-13,15-16H2,(H,32,33)(H,30,31,34). The first-order chi connectivity index (χ1) is 17.5. The van der Waals surface area contributed by atoms with Gasteiger partial charge in [-0.2, -0.15) is 0 Å². The number of amides is 1. The molecule has 0 spiro atoms. The smallest absolute Gasteiger partial charge is 0.309 e. The zero-order valence-electron chi connectivity index (χ0n) is 20.0. The highest BCUT2D eigenvalue weighted by atomic mass is 32.2. The summed E-state index contributed by atoms with van der Waals surface area (Å²) in [5.74, 6) is 0.290. The number of thiazole rings is 1. The Kier molecular flexibility index (Phi) is 9.35. The minimum absolute atomic E-state index is 0.178. The number of aliphatic carboxylic acids is 1. The summed E-state index contributed by atoms with van der Waals surface area (Å²) in [6.07, 6.45) is 7.66. The van der Waals surface area contributed by atoms with E-state index in [1.165, 1.54) is 55.9 Å². The van der Waals surface area contributed by atoms with Crippen LogP contribution in [0.2, 0.25) is 0 Å². The largest absolute Gasteiger partial charge is 0.481 e. The molecule has 0 aliphatic heterocycles. The van der Waals surface area contributed by atoms with E-state index in [2.05, 4.69) is 15.6 Å². The molecule has 6 nitrogen and oxygen atoms in total. The summed E-state index contributed by atoms with van der Waals surface area (Å²) >= 11 is 2.90. The van der Waals surface area contributed by atoms with Crippen molar-refractivity contribution in [1.82, 2.24) is 4.98 Å². The van der Waals surface area contributed by atoms with E-state index in [0.717, 1.165) is 27.8 Å². The Labute approximate surface area is 218 Å². The number of nitrogens with one attached hydrogen (secondary N) is 2. The number of carbonyl (C=O) groups excluding carboxylic acids is 1. The second kappa shape index (κ2) is 12.9. The van der Waals surface area contributed by atoms with Gasteiger partial charge in [0, 0.05) is 28.1 Å². The molecule has 1 amide bonds. The predicted molar refractivity (Wildman–Crippen MR) is 143 cm³/mol. The average Bonchev–Trinajstić information content (AvgIpc) is 3.30. The number of carboxylic acids is 1. The first-order valence-corrected chi connectivity index (χ1v) is 14.1. The number of nitrogens with zero attached hydrogens (tertiary/aromatic N) is 1. The Morgan fingerprint density at radius 2 is 1.89 bits per heavy atom. The Hall–Kier alpha value is -2.91. The van der Waals surface area contributed by atoms with E-state index >= 15 is 0 Å². The summed E-state index contributed by atoms with van der Waals surface area (Å²) in [4.78, 5) is 28.4. The first-order valence-electron chi connectivity index (χ1n) is 12.2. The van der Waals surface area contributed by atoms with Crippen molar-refractivity contribution in [1.29, 1.82) is 0 Å². The van der Waals surface area contributed by atoms with Gasteiger partial charge in [-0.3, -0.25) is 14.9 Å². The molecule has 9 heteroatoms. The summed E-state index contributed by atoms with van der Waals surface area (Å²) in [6.45, 7) is 0.550. The van der Waals surface area contributed by atoms with Crippen LogP contribution in [0.1, 0.15) is 60.1 Å². The van der Waals surface area contributed by atoms with Crippen LogP contribution in [0, 0.1) is 11.7 Å². The van der Waals surface area contributed by atoms with Crippen molar-refractivity contribution in [3.8, 4) is 0 Å². The van der Waals surface area contributed by atoms with Crippen LogP contribution in [0.15, 0.2) is 52.7 Å². The number of aromatic nitrogens is 1. The molecule has 190 valence electrons. The number of benzene rings is 2. The summed E-state index contributed by atoms with van der Waals surface area (Å²) in [6, 6.07) is 12.1. The lowest BCUT2D eigenvalue weighted by Crippen LogP contribution is -2.12. The maximum absolute atomic E-state index is 13.9. The maximum atomic E-state index is 13.9. The summed E-state index contributed by atoms with van der Waals surface area (Å²) in [5.41, 5.74) is 2.80. The summed E-state index contributed by atoms with van der Waals surface area (Å²) < 4.78 is 13.9. The third-order valence-corrected chi connectivity index (χ3v) is 8.15. The average molecular weight is 528 g/mol. The number of carbonyl (C=O) groups is 2. The molecule has 0 saturated heterocycles. The lowest BCUT2D eigenvalue weighted by Gasteiger charge is -2.21. The predicted octanol–water partition coefficient (Wildman–Crippen LogP) is 6.84. The van der Waals surface area contributed by atoms with Crippen LogP contribution in [-0.4, -0.2) is 27.7 Å². The van der Waals surface area contributed by atoms with E-state index in [4.69, 9.17) is 5.11 Å². The minimum Gasteiger partial charge on any atom is -0.481 e. The number of carboxylic acid groups (broad SMARTS) is 1. The van der Waals surface area contributed by atoms with Gasteiger partial charge in [0.25, 0.3) is 5.91 Å². The third-order valence-electron chi connectivity index (χ3n) is 6.26. The lowest BCUT2D eigenvalue weighted by atomic mass is 9.88. The lowest BCUT2D eigenvalue weighted by molar-refractivity contribution is -0.136. The number of thioether (sulfide) groups is 1. The number of halogens is 1.